The Morgan fingerprint density at radius 2 is 1.81 bits per heavy atom. The molecule has 192 valence electrons. The van der Waals surface area contributed by atoms with Gasteiger partial charge in [-0.25, -0.2) is 4.79 Å². The van der Waals surface area contributed by atoms with Crippen LogP contribution >= 0.6 is 0 Å². The minimum absolute atomic E-state index is 0.0209. The molecule has 9 nitrogen and oxygen atoms in total. The summed E-state index contributed by atoms with van der Waals surface area (Å²) in [5, 5.41) is 21.7. The molecule has 0 saturated heterocycles. The number of urea groups is 1. The van der Waals surface area contributed by atoms with Crippen molar-refractivity contribution in [3.63, 3.8) is 0 Å². The number of amides is 3. The van der Waals surface area contributed by atoms with Crippen molar-refractivity contribution in [3.8, 4) is 0 Å². The molecule has 3 rings (SSSR count). The van der Waals surface area contributed by atoms with Gasteiger partial charge in [-0.15, -0.1) is 0 Å². The minimum atomic E-state index is -0.868. The third-order valence-corrected chi connectivity index (χ3v) is 5.85. The van der Waals surface area contributed by atoms with Gasteiger partial charge >= 0.3 is 12.0 Å². The zero-order valence-corrected chi connectivity index (χ0v) is 20.9. The molecule has 2 aromatic rings. The molecule has 2 aromatic carbocycles. The van der Waals surface area contributed by atoms with Gasteiger partial charge in [-0.2, -0.15) is 0 Å². The molecule has 0 aromatic heterocycles. The van der Waals surface area contributed by atoms with E-state index < -0.39 is 5.97 Å². The highest BCUT2D eigenvalue weighted by Gasteiger charge is 2.29. The van der Waals surface area contributed by atoms with Crippen LogP contribution in [0.4, 0.5) is 16.2 Å². The van der Waals surface area contributed by atoms with E-state index in [0.29, 0.717) is 30.9 Å². The molecule has 0 fully saturated rings. The Bertz CT molecular complexity index is 1100. The topological polar surface area (TPSA) is 129 Å². The van der Waals surface area contributed by atoms with Gasteiger partial charge in [0.25, 0.3) is 0 Å². The molecule has 0 spiro atoms. The van der Waals surface area contributed by atoms with Gasteiger partial charge in [0.2, 0.25) is 5.91 Å². The second-order valence-electron chi connectivity index (χ2n) is 9.46. The summed E-state index contributed by atoms with van der Waals surface area (Å²) in [6, 6.07) is 14.0. The van der Waals surface area contributed by atoms with Crippen LogP contribution in [0.2, 0.25) is 0 Å². The molecule has 0 aliphatic carbocycles. The summed E-state index contributed by atoms with van der Waals surface area (Å²) in [6.45, 7) is 6.06. The summed E-state index contributed by atoms with van der Waals surface area (Å²) in [4.78, 5) is 41.3. The smallest absolute Gasteiger partial charge is 0.323 e. The van der Waals surface area contributed by atoms with E-state index in [1.165, 1.54) is 0 Å². The number of para-hydroxylation sites is 1. The minimum Gasteiger partial charge on any atom is -0.481 e. The Balaban J connectivity index is 1.52. The highest BCUT2D eigenvalue weighted by atomic mass is 16.6. The predicted octanol–water partition coefficient (Wildman–Crippen LogP) is 4.72. The van der Waals surface area contributed by atoms with E-state index in [-0.39, 0.29) is 36.9 Å². The van der Waals surface area contributed by atoms with E-state index in [9.17, 15) is 14.4 Å². The van der Waals surface area contributed by atoms with Crippen molar-refractivity contribution in [2.45, 2.75) is 65.0 Å². The first-order valence-corrected chi connectivity index (χ1v) is 12.2. The third kappa shape index (κ3) is 8.41. The maximum absolute atomic E-state index is 12.8. The van der Waals surface area contributed by atoms with Crippen LogP contribution in [-0.4, -0.2) is 40.9 Å². The molecule has 1 aliphatic heterocycles. The average molecular weight is 495 g/mol. The Kier molecular flexibility index (Phi) is 9.44. The summed E-state index contributed by atoms with van der Waals surface area (Å²) in [5.41, 5.74) is 3.88. The number of benzene rings is 2. The largest absolute Gasteiger partial charge is 0.481 e. The fourth-order valence-electron chi connectivity index (χ4n) is 3.98. The Labute approximate surface area is 211 Å². The molecule has 1 heterocycles. The molecule has 9 heteroatoms. The average Bonchev–Trinajstić information content (AvgIpc) is 3.29. The molecule has 2 unspecified atom stereocenters. The van der Waals surface area contributed by atoms with Gasteiger partial charge in [0.15, 0.2) is 0 Å². The standard InChI is InChI=1S/C27H34N4O5/c1-17(2)14-23(24-16-21(36-31-24)12-13-26(33)34)29-25(32)15-19-8-10-20(11-9-19)28-27(35)30-22-7-5-4-6-18(22)3/h4-11,17,21,23H,12-16H2,1-3H3,(H,29,32)(H,33,34)(H2,28,30,35). The number of rotatable bonds is 11. The van der Waals surface area contributed by atoms with E-state index in [1.807, 2.05) is 31.2 Å². The van der Waals surface area contributed by atoms with Crippen LogP contribution in [0.1, 0.15) is 50.7 Å². The fourth-order valence-corrected chi connectivity index (χ4v) is 3.98. The first-order valence-electron chi connectivity index (χ1n) is 12.2. The molecule has 0 bridgehead atoms. The second-order valence-corrected chi connectivity index (χ2v) is 9.46. The van der Waals surface area contributed by atoms with E-state index in [1.54, 1.807) is 24.3 Å². The number of carbonyl (C=O) groups excluding carboxylic acids is 2. The second kappa shape index (κ2) is 12.7. The molecule has 0 saturated carbocycles. The van der Waals surface area contributed by atoms with E-state index >= 15 is 0 Å². The van der Waals surface area contributed by atoms with Gasteiger partial charge in [-0.3, -0.25) is 9.59 Å². The maximum Gasteiger partial charge on any atom is 0.323 e. The number of carboxylic acids is 1. The van der Waals surface area contributed by atoms with Crippen molar-refractivity contribution in [3.05, 3.63) is 59.7 Å². The van der Waals surface area contributed by atoms with Crippen molar-refractivity contribution in [1.82, 2.24) is 5.32 Å². The molecular weight excluding hydrogens is 460 g/mol. The van der Waals surface area contributed by atoms with Crippen LogP contribution in [0.25, 0.3) is 0 Å². The van der Waals surface area contributed by atoms with Crippen LogP contribution in [-0.2, 0) is 20.8 Å². The number of hydrogen-bond acceptors (Lipinski definition) is 5. The number of hydrogen-bond donors (Lipinski definition) is 4. The Morgan fingerprint density at radius 3 is 2.47 bits per heavy atom. The van der Waals surface area contributed by atoms with E-state index in [2.05, 4.69) is 35.0 Å². The summed E-state index contributed by atoms with van der Waals surface area (Å²) < 4.78 is 0. The fraction of sp³-hybridized carbons (Fsp3) is 0.407. The number of carbonyl (C=O) groups is 3. The van der Waals surface area contributed by atoms with Gasteiger partial charge in [-0.1, -0.05) is 49.3 Å². The van der Waals surface area contributed by atoms with Crippen molar-refractivity contribution in [1.29, 1.82) is 0 Å². The van der Waals surface area contributed by atoms with Gasteiger partial charge in [0.1, 0.15) is 6.10 Å². The highest BCUT2D eigenvalue weighted by Crippen LogP contribution is 2.21. The number of nitrogens with one attached hydrogen (secondary N) is 3. The summed E-state index contributed by atoms with van der Waals surface area (Å²) in [5.74, 6) is -0.685. The highest BCUT2D eigenvalue weighted by molar-refractivity contribution is 6.00. The van der Waals surface area contributed by atoms with Gasteiger partial charge in [0.05, 0.1) is 18.2 Å². The molecular formula is C27H34N4O5. The summed E-state index contributed by atoms with van der Waals surface area (Å²) in [6.07, 6.45) is 1.53. The molecule has 36 heavy (non-hydrogen) atoms. The zero-order chi connectivity index (χ0) is 26.1. The van der Waals surface area contributed by atoms with Crippen LogP contribution in [0.5, 0.6) is 0 Å². The van der Waals surface area contributed by atoms with Crippen LogP contribution in [0.15, 0.2) is 53.7 Å². The van der Waals surface area contributed by atoms with Crippen LogP contribution in [0.3, 0.4) is 0 Å². The lowest BCUT2D eigenvalue weighted by molar-refractivity contribution is -0.137. The van der Waals surface area contributed by atoms with Crippen LogP contribution in [0, 0.1) is 12.8 Å². The SMILES string of the molecule is Cc1ccccc1NC(=O)Nc1ccc(CC(=O)NC(CC(C)C)C2=NOC(CCC(=O)O)C2)cc1. The number of aryl methyl sites for hydroxylation is 1. The molecule has 0 radical (unpaired) electrons. The predicted molar refractivity (Wildman–Crippen MR) is 139 cm³/mol. The summed E-state index contributed by atoms with van der Waals surface area (Å²) in [7, 11) is 0. The monoisotopic (exact) mass is 494 g/mol. The van der Waals surface area contributed by atoms with Crippen molar-refractivity contribution in [2.24, 2.45) is 11.1 Å². The lowest BCUT2D eigenvalue weighted by Gasteiger charge is -2.20. The molecule has 4 N–H and O–H groups in total. The van der Waals surface area contributed by atoms with Gasteiger partial charge < -0.3 is 25.9 Å². The van der Waals surface area contributed by atoms with Gasteiger partial charge in [0, 0.05) is 24.2 Å². The first kappa shape index (κ1) is 26.7. The van der Waals surface area contributed by atoms with E-state index in [4.69, 9.17) is 9.94 Å². The van der Waals surface area contributed by atoms with Crippen molar-refractivity contribution < 1.29 is 24.3 Å². The number of oxime groups is 1. The summed E-state index contributed by atoms with van der Waals surface area (Å²) >= 11 is 0. The Morgan fingerprint density at radius 1 is 1.08 bits per heavy atom. The number of anilines is 2. The number of carboxylic acid groups (broad SMARTS) is 1. The Hall–Kier alpha value is -3.88. The molecule has 3 amide bonds. The zero-order valence-electron chi connectivity index (χ0n) is 20.9. The maximum atomic E-state index is 12.8. The van der Waals surface area contributed by atoms with Crippen molar-refractivity contribution in [2.75, 3.05) is 10.6 Å². The number of aliphatic carboxylic acids is 1. The first-order chi connectivity index (χ1) is 17.2. The molecule has 2 atom stereocenters. The third-order valence-electron chi connectivity index (χ3n) is 5.85. The quantitative estimate of drug-likeness (QED) is 0.359. The lowest BCUT2D eigenvalue weighted by atomic mass is 9.95. The van der Waals surface area contributed by atoms with E-state index in [0.717, 1.165) is 22.5 Å². The normalized spacial score (nSPS) is 15.6. The molecule has 1 aliphatic rings. The lowest BCUT2D eigenvalue weighted by Crippen LogP contribution is -2.42. The number of nitrogens with zero attached hydrogens (tertiary/aromatic N) is 1. The van der Waals surface area contributed by atoms with Gasteiger partial charge in [-0.05, 0) is 55.0 Å². The van der Waals surface area contributed by atoms with Crippen LogP contribution < -0.4 is 16.0 Å². The van der Waals surface area contributed by atoms with Crippen molar-refractivity contribution >= 4 is 35.0 Å².